The minimum atomic E-state index is 0.457. The molecule has 4 rings (SSSR count). The van der Waals surface area contributed by atoms with Crippen LogP contribution in [0.2, 0.25) is 0 Å². The highest BCUT2D eigenvalue weighted by molar-refractivity contribution is 6.07. The second-order valence-corrected chi connectivity index (χ2v) is 5.68. The van der Waals surface area contributed by atoms with Crippen molar-refractivity contribution in [2.75, 3.05) is 5.73 Å². The van der Waals surface area contributed by atoms with Gasteiger partial charge in [-0.15, -0.1) is 6.42 Å². The summed E-state index contributed by atoms with van der Waals surface area (Å²) in [5.41, 5.74) is 11.5. The van der Waals surface area contributed by atoms with Crippen molar-refractivity contribution in [3.8, 4) is 34.7 Å². The summed E-state index contributed by atoms with van der Waals surface area (Å²) in [7, 11) is 1.96. The van der Waals surface area contributed by atoms with Gasteiger partial charge in [-0.05, 0) is 17.7 Å². The molecule has 0 atom stereocenters. The van der Waals surface area contributed by atoms with Crippen LogP contribution in [0.1, 0.15) is 5.69 Å². The number of pyridine rings is 1. The number of benzene rings is 1. The van der Waals surface area contributed by atoms with Crippen molar-refractivity contribution in [2.45, 2.75) is 0 Å². The van der Waals surface area contributed by atoms with E-state index in [9.17, 15) is 0 Å². The summed E-state index contributed by atoms with van der Waals surface area (Å²) >= 11 is 0. The van der Waals surface area contributed by atoms with Crippen molar-refractivity contribution in [1.82, 2.24) is 19.5 Å². The fraction of sp³-hybridized carbons (Fsp3) is 0.0500. The maximum Gasteiger partial charge on any atom is 0.146 e. The third kappa shape index (κ3) is 2.32. The lowest BCUT2D eigenvalue weighted by atomic mass is 9.99. The van der Waals surface area contributed by atoms with Crippen LogP contribution in [0.3, 0.4) is 0 Å². The molecule has 0 unspecified atom stereocenters. The minimum absolute atomic E-state index is 0.457. The molecule has 0 saturated carbocycles. The van der Waals surface area contributed by atoms with Crippen molar-refractivity contribution in [3.05, 3.63) is 60.7 Å². The van der Waals surface area contributed by atoms with Crippen molar-refractivity contribution in [3.63, 3.8) is 0 Å². The lowest BCUT2D eigenvalue weighted by molar-refractivity contribution is 0.951. The number of rotatable bonds is 2. The lowest BCUT2D eigenvalue weighted by Crippen LogP contribution is -1.96. The Morgan fingerprint density at radius 2 is 1.80 bits per heavy atom. The van der Waals surface area contributed by atoms with Gasteiger partial charge < -0.3 is 10.3 Å². The predicted octanol–water partition coefficient (Wildman–Crippen LogP) is 3.26. The number of fused-ring (bicyclic) bond motifs is 1. The van der Waals surface area contributed by atoms with Gasteiger partial charge in [-0.1, -0.05) is 36.3 Å². The topological polar surface area (TPSA) is 69.6 Å². The zero-order chi connectivity index (χ0) is 17.4. The number of nitrogens with two attached hydrogens (primary N) is 1. The Kier molecular flexibility index (Phi) is 3.44. The molecule has 0 radical (unpaired) electrons. The Hall–Kier alpha value is -3.65. The number of hydrogen-bond acceptors (Lipinski definition) is 4. The molecule has 0 fully saturated rings. The first-order chi connectivity index (χ1) is 12.2. The molecule has 0 spiro atoms. The van der Waals surface area contributed by atoms with E-state index in [4.69, 9.17) is 12.2 Å². The Balaban J connectivity index is 2.11. The van der Waals surface area contributed by atoms with Gasteiger partial charge in [-0.3, -0.25) is 0 Å². The SMILES string of the molecule is C#Cc1ccc(-c2c(-c3ccccc3)c3c(N)ncnc3n2C)cn1. The summed E-state index contributed by atoms with van der Waals surface area (Å²) in [5.74, 6) is 3.00. The molecule has 0 amide bonds. The summed E-state index contributed by atoms with van der Waals surface area (Å²) in [6.07, 6.45) is 8.68. The first kappa shape index (κ1) is 14.9. The van der Waals surface area contributed by atoms with Gasteiger partial charge in [0.05, 0.1) is 11.1 Å². The van der Waals surface area contributed by atoms with Crippen LogP contribution < -0.4 is 5.73 Å². The number of anilines is 1. The minimum Gasteiger partial charge on any atom is -0.383 e. The molecule has 0 aliphatic carbocycles. The molecule has 0 aliphatic heterocycles. The lowest BCUT2D eigenvalue weighted by Gasteiger charge is -2.08. The van der Waals surface area contributed by atoms with Crippen molar-refractivity contribution >= 4 is 16.9 Å². The predicted molar refractivity (Wildman–Crippen MR) is 99.5 cm³/mol. The summed E-state index contributed by atoms with van der Waals surface area (Å²) in [6, 6.07) is 13.9. The van der Waals surface area contributed by atoms with E-state index in [0.29, 0.717) is 11.5 Å². The number of terminal acetylenes is 1. The largest absolute Gasteiger partial charge is 0.383 e. The Bertz CT molecular complexity index is 1100. The first-order valence-electron chi connectivity index (χ1n) is 7.78. The number of nitrogen functional groups attached to an aromatic ring is 1. The Labute approximate surface area is 145 Å². The van der Waals surface area contributed by atoms with Crippen LogP contribution in [0.4, 0.5) is 5.82 Å². The van der Waals surface area contributed by atoms with E-state index in [-0.39, 0.29) is 0 Å². The standard InChI is InChI=1S/C20H15N5/c1-3-15-10-9-14(11-22-15)18-16(13-7-5-4-6-8-13)17-19(21)23-12-24-20(17)25(18)2/h1,4-12H,2H3,(H2,21,23,24). The molecule has 25 heavy (non-hydrogen) atoms. The van der Waals surface area contributed by atoms with Gasteiger partial charge in [-0.2, -0.15) is 0 Å². The highest BCUT2D eigenvalue weighted by Crippen LogP contribution is 2.41. The quantitative estimate of drug-likeness (QED) is 0.574. The molecule has 120 valence electrons. The fourth-order valence-electron chi connectivity index (χ4n) is 3.12. The van der Waals surface area contributed by atoms with Crippen LogP contribution in [-0.2, 0) is 7.05 Å². The second-order valence-electron chi connectivity index (χ2n) is 5.68. The van der Waals surface area contributed by atoms with Gasteiger partial charge in [-0.25, -0.2) is 15.0 Å². The smallest absolute Gasteiger partial charge is 0.146 e. The highest BCUT2D eigenvalue weighted by atomic mass is 15.1. The summed E-state index contributed by atoms with van der Waals surface area (Å²) in [6.45, 7) is 0. The zero-order valence-corrected chi connectivity index (χ0v) is 13.6. The molecule has 3 heterocycles. The summed E-state index contributed by atoms with van der Waals surface area (Å²) < 4.78 is 2.02. The van der Waals surface area contributed by atoms with E-state index >= 15 is 0 Å². The molecule has 2 N–H and O–H groups in total. The number of hydrogen-bond donors (Lipinski definition) is 1. The van der Waals surface area contributed by atoms with Crippen molar-refractivity contribution < 1.29 is 0 Å². The third-order valence-electron chi connectivity index (χ3n) is 4.24. The summed E-state index contributed by atoms with van der Waals surface area (Å²) in [5, 5.41) is 0.840. The Morgan fingerprint density at radius 1 is 1.00 bits per heavy atom. The van der Waals surface area contributed by atoms with E-state index in [1.54, 1.807) is 6.20 Å². The number of aryl methyl sites for hydroxylation is 1. The molecule has 0 bridgehead atoms. The van der Waals surface area contributed by atoms with Gasteiger partial charge in [0.15, 0.2) is 0 Å². The molecule has 0 saturated heterocycles. The average Bonchev–Trinajstić information content (AvgIpc) is 2.97. The maximum atomic E-state index is 6.19. The molecule has 5 heteroatoms. The van der Waals surface area contributed by atoms with Crippen LogP contribution >= 0.6 is 0 Å². The molecular formula is C20H15N5. The fourth-order valence-corrected chi connectivity index (χ4v) is 3.12. The highest BCUT2D eigenvalue weighted by Gasteiger charge is 2.21. The molecule has 4 aromatic rings. The third-order valence-corrected chi connectivity index (χ3v) is 4.24. The van der Waals surface area contributed by atoms with E-state index in [0.717, 1.165) is 33.4 Å². The van der Waals surface area contributed by atoms with E-state index < -0.39 is 0 Å². The monoisotopic (exact) mass is 325 g/mol. The van der Waals surface area contributed by atoms with Crippen LogP contribution in [0, 0.1) is 12.3 Å². The second kappa shape index (κ2) is 5.77. The van der Waals surface area contributed by atoms with Crippen LogP contribution in [0.15, 0.2) is 55.0 Å². The Morgan fingerprint density at radius 3 is 2.48 bits per heavy atom. The number of nitrogens with zero attached hydrogens (tertiary/aromatic N) is 4. The first-order valence-corrected chi connectivity index (χ1v) is 7.78. The van der Waals surface area contributed by atoms with Gasteiger partial charge >= 0.3 is 0 Å². The van der Waals surface area contributed by atoms with Gasteiger partial charge in [0.25, 0.3) is 0 Å². The summed E-state index contributed by atoms with van der Waals surface area (Å²) in [4.78, 5) is 12.9. The van der Waals surface area contributed by atoms with Crippen LogP contribution in [0.25, 0.3) is 33.4 Å². The molecule has 3 aromatic heterocycles. The van der Waals surface area contributed by atoms with E-state index in [2.05, 4.69) is 20.9 Å². The van der Waals surface area contributed by atoms with Gasteiger partial charge in [0.2, 0.25) is 0 Å². The zero-order valence-electron chi connectivity index (χ0n) is 13.6. The normalized spacial score (nSPS) is 10.7. The van der Waals surface area contributed by atoms with Crippen LogP contribution in [-0.4, -0.2) is 19.5 Å². The maximum absolute atomic E-state index is 6.19. The van der Waals surface area contributed by atoms with Crippen molar-refractivity contribution in [2.24, 2.45) is 7.05 Å². The van der Waals surface area contributed by atoms with Crippen molar-refractivity contribution in [1.29, 1.82) is 0 Å². The average molecular weight is 325 g/mol. The van der Waals surface area contributed by atoms with Crippen LogP contribution in [0.5, 0.6) is 0 Å². The van der Waals surface area contributed by atoms with Gasteiger partial charge in [0.1, 0.15) is 23.5 Å². The number of aromatic nitrogens is 4. The van der Waals surface area contributed by atoms with E-state index in [1.165, 1.54) is 6.33 Å². The molecule has 0 aliphatic rings. The molecule has 5 nitrogen and oxygen atoms in total. The molecular weight excluding hydrogens is 310 g/mol. The van der Waals surface area contributed by atoms with E-state index in [1.807, 2.05) is 54.1 Å². The molecule has 1 aromatic carbocycles. The van der Waals surface area contributed by atoms with Gasteiger partial charge in [0, 0.05) is 24.4 Å².